The van der Waals surface area contributed by atoms with Gasteiger partial charge in [-0.25, -0.2) is 4.79 Å². The number of nitrogens with two attached hydrogens (primary N) is 1. The summed E-state index contributed by atoms with van der Waals surface area (Å²) in [5.41, 5.74) is 6.52. The van der Waals surface area contributed by atoms with Crippen molar-refractivity contribution in [1.82, 2.24) is 10.2 Å². The molecule has 1 atom stereocenters. The molecule has 7 heteroatoms. The molecule has 1 unspecified atom stereocenters. The van der Waals surface area contributed by atoms with Crippen LogP contribution in [0, 0.1) is 5.92 Å². The highest BCUT2D eigenvalue weighted by molar-refractivity contribution is 7.99. The van der Waals surface area contributed by atoms with Crippen LogP contribution in [0.4, 0.5) is 10.5 Å². The van der Waals surface area contributed by atoms with E-state index in [0.29, 0.717) is 18.8 Å². The number of rotatable bonds is 7. The number of primary amides is 1. The van der Waals surface area contributed by atoms with Gasteiger partial charge in [-0.15, -0.1) is 0 Å². The molecule has 0 aromatic heterocycles. The highest BCUT2D eigenvalue weighted by Gasteiger charge is 2.28. The molecule has 0 spiro atoms. The lowest BCUT2D eigenvalue weighted by atomic mass is 9.91. The molecule has 3 amide bonds. The van der Waals surface area contributed by atoms with Gasteiger partial charge in [0.15, 0.2) is 0 Å². The number of anilines is 1. The van der Waals surface area contributed by atoms with Gasteiger partial charge >= 0.3 is 6.03 Å². The first-order valence-corrected chi connectivity index (χ1v) is 11.5. The minimum absolute atomic E-state index is 0.0114. The molecule has 1 heterocycles. The van der Waals surface area contributed by atoms with Crippen molar-refractivity contribution in [1.29, 1.82) is 0 Å². The summed E-state index contributed by atoms with van der Waals surface area (Å²) in [5.74, 6) is 2.39. The summed E-state index contributed by atoms with van der Waals surface area (Å²) in [7, 11) is 0. The van der Waals surface area contributed by atoms with Crippen molar-refractivity contribution in [2.75, 3.05) is 42.6 Å². The van der Waals surface area contributed by atoms with Gasteiger partial charge in [-0.1, -0.05) is 37.5 Å². The molecular formula is C21H32N4O2S. The Morgan fingerprint density at radius 2 is 1.75 bits per heavy atom. The van der Waals surface area contributed by atoms with Crippen molar-refractivity contribution < 1.29 is 9.59 Å². The third-order valence-corrected chi connectivity index (χ3v) is 6.97. The number of piperazine rings is 1. The van der Waals surface area contributed by atoms with Crippen molar-refractivity contribution in [3.05, 3.63) is 30.3 Å². The molecule has 3 rings (SSSR count). The van der Waals surface area contributed by atoms with E-state index in [1.54, 1.807) is 11.8 Å². The predicted molar refractivity (Wildman–Crippen MR) is 116 cm³/mol. The Morgan fingerprint density at radius 3 is 2.39 bits per heavy atom. The smallest absolute Gasteiger partial charge is 0.312 e. The fourth-order valence-corrected chi connectivity index (χ4v) is 5.36. The van der Waals surface area contributed by atoms with Gasteiger partial charge in [0.05, 0.1) is 0 Å². The van der Waals surface area contributed by atoms with Crippen molar-refractivity contribution in [2.24, 2.45) is 11.7 Å². The van der Waals surface area contributed by atoms with Crippen molar-refractivity contribution in [3.63, 3.8) is 0 Å². The first kappa shape index (κ1) is 20.8. The topological polar surface area (TPSA) is 78.7 Å². The first-order chi connectivity index (χ1) is 13.6. The van der Waals surface area contributed by atoms with Crippen LogP contribution < -0.4 is 16.0 Å². The van der Waals surface area contributed by atoms with E-state index in [4.69, 9.17) is 5.73 Å². The van der Waals surface area contributed by atoms with E-state index in [9.17, 15) is 9.59 Å². The maximum Gasteiger partial charge on any atom is 0.312 e. The number of amides is 3. The molecule has 0 radical (unpaired) electrons. The number of hydrogen-bond acceptors (Lipinski definition) is 4. The number of benzene rings is 1. The number of para-hydroxylation sites is 1. The van der Waals surface area contributed by atoms with Gasteiger partial charge in [0.2, 0.25) is 5.91 Å². The van der Waals surface area contributed by atoms with Crippen LogP contribution in [-0.4, -0.2) is 60.6 Å². The molecule has 3 N–H and O–H groups in total. The molecule has 1 saturated carbocycles. The van der Waals surface area contributed by atoms with E-state index in [-0.39, 0.29) is 5.91 Å². The van der Waals surface area contributed by atoms with Crippen LogP contribution in [0.5, 0.6) is 0 Å². The van der Waals surface area contributed by atoms with Gasteiger partial charge in [-0.05, 0) is 36.6 Å². The fourth-order valence-electron chi connectivity index (χ4n) is 4.10. The zero-order chi connectivity index (χ0) is 19.8. The highest BCUT2D eigenvalue weighted by atomic mass is 32.2. The summed E-state index contributed by atoms with van der Waals surface area (Å²) in [4.78, 5) is 28.6. The van der Waals surface area contributed by atoms with Crippen LogP contribution in [0.3, 0.4) is 0 Å². The number of hydrogen-bond donors (Lipinski definition) is 2. The Bertz CT molecular complexity index is 629. The maximum absolute atomic E-state index is 13.0. The Morgan fingerprint density at radius 1 is 1.07 bits per heavy atom. The van der Waals surface area contributed by atoms with Gasteiger partial charge in [0.1, 0.15) is 6.04 Å². The monoisotopic (exact) mass is 404 g/mol. The molecule has 0 bridgehead atoms. The lowest BCUT2D eigenvalue weighted by Crippen LogP contribution is -2.56. The molecule has 2 aliphatic rings. The number of nitrogens with one attached hydrogen (secondary N) is 1. The number of carbonyl (C=O) groups excluding carboxylic acids is 2. The van der Waals surface area contributed by atoms with Crippen LogP contribution in [0.15, 0.2) is 30.3 Å². The van der Waals surface area contributed by atoms with Crippen LogP contribution in [-0.2, 0) is 4.79 Å². The summed E-state index contributed by atoms with van der Waals surface area (Å²) >= 11 is 1.77. The average molecular weight is 405 g/mol. The second-order valence-electron chi connectivity index (χ2n) is 7.75. The van der Waals surface area contributed by atoms with E-state index in [1.165, 1.54) is 37.8 Å². The average Bonchev–Trinajstić information content (AvgIpc) is 2.74. The molecule has 1 saturated heterocycles. The Kier molecular flexibility index (Phi) is 7.89. The number of thioether (sulfide) groups is 1. The fraction of sp³-hybridized carbons (Fsp3) is 0.619. The molecule has 1 aliphatic heterocycles. The van der Waals surface area contributed by atoms with Crippen molar-refractivity contribution in [2.45, 2.75) is 38.1 Å². The number of nitrogens with zero attached hydrogens (tertiary/aromatic N) is 2. The van der Waals surface area contributed by atoms with Crippen LogP contribution in [0.1, 0.15) is 32.1 Å². The summed E-state index contributed by atoms with van der Waals surface area (Å²) in [5, 5.41) is 2.67. The lowest BCUT2D eigenvalue weighted by molar-refractivity contribution is -0.132. The summed E-state index contributed by atoms with van der Waals surface area (Å²) < 4.78 is 0. The first-order valence-electron chi connectivity index (χ1n) is 10.4. The maximum atomic E-state index is 13.0. The second kappa shape index (κ2) is 10.6. The molecule has 1 aliphatic carbocycles. The van der Waals surface area contributed by atoms with Gasteiger partial charge in [0, 0.05) is 37.6 Å². The minimum atomic E-state index is -0.625. The van der Waals surface area contributed by atoms with Crippen molar-refractivity contribution >= 4 is 29.4 Å². The Labute approximate surface area is 172 Å². The van der Waals surface area contributed by atoms with E-state index >= 15 is 0 Å². The Hall–Kier alpha value is -1.89. The second-order valence-corrected chi connectivity index (χ2v) is 8.83. The normalized spacial score (nSPS) is 19.3. The zero-order valence-corrected chi connectivity index (χ0v) is 17.3. The third-order valence-electron chi connectivity index (χ3n) is 5.69. The van der Waals surface area contributed by atoms with E-state index in [1.807, 2.05) is 23.1 Å². The van der Waals surface area contributed by atoms with Gasteiger partial charge in [-0.2, -0.15) is 11.8 Å². The van der Waals surface area contributed by atoms with Crippen LogP contribution >= 0.6 is 11.8 Å². The molecule has 1 aromatic rings. The van der Waals surface area contributed by atoms with Gasteiger partial charge in [0.25, 0.3) is 0 Å². The van der Waals surface area contributed by atoms with E-state index < -0.39 is 12.1 Å². The molecule has 2 fully saturated rings. The molecule has 154 valence electrons. The predicted octanol–water partition coefficient (Wildman–Crippen LogP) is 2.69. The van der Waals surface area contributed by atoms with Crippen LogP contribution in [0.2, 0.25) is 0 Å². The zero-order valence-electron chi connectivity index (χ0n) is 16.5. The SMILES string of the molecule is NC(=O)NC(CSCC1CCCCC1)C(=O)N1CCN(c2ccccc2)CC1. The summed E-state index contributed by atoms with van der Waals surface area (Å²) in [6.07, 6.45) is 6.56. The van der Waals surface area contributed by atoms with Crippen LogP contribution in [0.25, 0.3) is 0 Å². The lowest BCUT2D eigenvalue weighted by Gasteiger charge is -2.37. The Balaban J connectivity index is 1.49. The standard InChI is InChI=1S/C21H32N4O2S/c22-21(27)23-19(16-28-15-17-7-3-1-4-8-17)20(26)25-13-11-24(12-14-25)18-9-5-2-6-10-18/h2,5-6,9-10,17,19H,1,3-4,7-8,11-16H2,(H3,22,23,27). The number of carbonyl (C=O) groups is 2. The van der Waals surface area contributed by atoms with E-state index in [0.717, 1.165) is 24.8 Å². The van der Waals surface area contributed by atoms with Gasteiger partial charge in [-0.3, -0.25) is 4.79 Å². The number of urea groups is 1. The summed E-state index contributed by atoms with van der Waals surface area (Å²) in [6.45, 7) is 2.93. The molecule has 1 aromatic carbocycles. The highest BCUT2D eigenvalue weighted by Crippen LogP contribution is 2.27. The van der Waals surface area contributed by atoms with Crippen molar-refractivity contribution in [3.8, 4) is 0 Å². The third kappa shape index (κ3) is 6.06. The quantitative estimate of drug-likeness (QED) is 0.732. The van der Waals surface area contributed by atoms with Gasteiger partial charge < -0.3 is 20.9 Å². The largest absolute Gasteiger partial charge is 0.368 e. The molecule has 6 nitrogen and oxygen atoms in total. The summed E-state index contributed by atoms with van der Waals surface area (Å²) in [6, 6.07) is 9.10. The minimum Gasteiger partial charge on any atom is -0.368 e. The van der Waals surface area contributed by atoms with E-state index in [2.05, 4.69) is 22.3 Å². The molecule has 28 heavy (non-hydrogen) atoms. The molecular weight excluding hydrogens is 372 g/mol.